The van der Waals surface area contributed by atoms with Gasteiger partial charge in [0, 0.05) is 13.1 Å². The van der Waals surface area contributed by atoms with Crippen molar-refractivity contribution >= 4 is 21.6 Å². The topological polar surface area (TPSA) is 57.7 Å². The molecule has 2 aromatic carbocycles. The Labute approximate surface area is 168 Å². The van der Waals surface area contributed by atoms with Crippen molar-refractivity contribution in [2.24, 2.45) is 5.92 Å². The first kappa shape index (κ1) is 20.4. The number of hydrogen-bond acceptors (Lipinski definition) is 3. The molecule has 2 aromatic rings. The zero-order chi connectivity index (χ0) is 20.3. The molecule has 1 amide bonds. The summed E-state index contributed by atoms with van der Waals surface area (Å²) in [7, 11) is -3.85. The number of likely N-dealkylation sites (tertiary alicyclic amines) is 1. The number of piperidine rings is 1. The predicted molar refractivity (Wildman–Crippen MR) is 112 cm³/mol. The molecule has 0 radical (unpaired) electrons. The second kappa shape index (κ2) is 8.35. The van der Waals surface area contributed by atoms with Crippen LogP contribution in [0.1, 0.15) is 30.9 Å². The molecule has 1 aliphatic rings. The first-order valence-corrected chi connectivity index (χ1v) is 11.2. The Morgan fingerprint density at radius 1 is 1.11 bits per heavy atom. The molecule has 1 fully saturated rings. The monoisotopic (exact) mass is 400 g/mol. The number of benzene rings is 2. The third-order valence-corrected chi connectivity index (χ3v) is 7.24. The molecule has 1 unspecified atom stereocenters. The Morgan fingerprint density at radius 2 is 1.82 bits per heavy atom. The van der Waals surface area contributed by atoms with Crippen molar-refractivity contribution in [1.29, 1.82) is 0 Å². The summed E-state index contributed by atoms with van der Waals surface area (Å²) in [6, 6.07) is 13.9. The van der Waals surface area contributed by atoms with Crippen molar-refractivity contribution in [2.45, 2.75) is 38.5 Å². The van der Waals surface area contributed by atoms with E-state index in [1.165, 1.54) is 4.31 Å². The predicted octanol–water partition coefficient (Wildman–Crippen LogP) is 3.76. The molecule has 0 bridgehead atoms. The minimum atomic E-state index is -3.85. The van der Waals surface area contributed by atoms with Crippen LogP contribution in [0.5, 0.6) is 0 Å². The second-order valence-electron chi connectivity index (χ2n) is 7.63. The molecule has 1 aliphatic heterocycles. The average molecular weight is 401 g/mol. The molecule has 6 heteroatoms. The number of hydrogen-bond donors (Lipinski definition) is 0. The smallest absolute Gasteiger partial charge is 0.264 e. The normalized spacial score (nSPS) is 17.4. The fourth-order valence-electron chi connectivity index (χ4n) is 3.66. The van der Waals surface area contributed by atoms with Gasteiger partial charge in [-0.15, -0.1) is 0 Å². The molecule has 0 aromatic heterocycles. The molecule has 0 aliphatic carbocycles. The van der Waals surface area contributed by atoms with Crippen molar-refractivity contribution in [3.8, 4) is 0 Å². The lowest BCUT2D eigenvalue weighted by Gasteiger charge is -2.33. The summed E-state index contributed by atoms with van der Waals surface area (Å²) in [6.45, 7) is 7.16. The molecule has 5 nitrogen and oxygen atoms in total. The van der Waals surface area contributed by atoms with Gasteiger partial charge in [-0.2, -0.15) is 0 Å². The van der Waals surface area contributed by atoms with Crippen LogP contribution in [-0.2, 0) is 14.8 Å². The zero-order valence-corrected chi connectivity index (χ0v) is 17.6. The van der Waals surface area contributed by atoms with Gasteiger partial charge in [-0.05, 0) is 61.9 Å². The molecule has 1 saturated heterocycles. The minimum Gasteiger partial charge on any atom is -0.341 e. The fraction of sp³-hybridized carbons (Fsp3) is 0.409. The van der Waals surface area contributed by atoms with Crippen molar-refractivity contribution in [2.75, 3.05) is 23.9 Å². The number of rotatable bonds is 5. The quantitative estimate of drug-likeness (QED) is 0.768. The molecule has 150 valence electrons. The van der Waals surface area contributed by atoms with E-state index < -0.39 is 10.0 Å². The van der Waals surface area contributed by atoms with E-state index >= 15 is 0 Å². The molecule has 0 spiro atoms. The highest BCUT2D eigenvalue weighted by Crippen LogP contribution is 2.29. The maximum Gasteiger partial charge on any atom is 0.264 e. The molecule has 0 saturated carbocycles. The van der Waals surface area contributed by atoms with Crippen LogP contribution >= 0.6 is 0 Å². The van der Waals surface area contributed by atoms with E-state index in [0.29, 0.717) is 24.7 Å². The van der Waals surface area contributed by atoms with Crippen molar-refractivity contribution in [3.63, 3.8) is 0 Å². The molecule has 1 atom stereocenters. The van der Waals surface area contributed by atoms with Crippen LogP contribution < -0.4 is 4.31 Å². The first-order chi connectivity index (χ1) is 13.3. The van der Waals surface area contributed by atoms with Gasteiger partial charge in [0.2, 0.25) is 5.91 Å². The molecule has 1 heterocycles. The van der Waals surface area contributed by atoms with Gasteiger partial charge in [0.05, 0.1) is 10.6 Å². The van der Waals surface area contributed by atoms with E-state index in [1.54, 1.807) is 41.3 Å². The summed E-state index contributed by atoms with van der Waals surface area (Å²) >= 11 is 0. The van der Waals surface area contributed by atoms with Gasteiger partial charge in [-0.25, -0.2) is 8.42 Å². The third-order valence-electron chi connectivity index (χ3n) is 5.46. The zero-order valence-electron chi connectivity index (χ0n) is 16.8. The van der Waals surface area contributed by atoms with Crippen LogP contribution in [0.4, 0.5) is 5.69 Å². The van der Waals surface area contributed by atoms with Crippen LogP contribution in [-0.4, -0.2) is 38.9 Å². The number of carbonyl (C=O) groups is 1. The summed E-state index contributed by atoms with van der Waals surface area (Å²) in [5, 5.41) is 0. The maximum absolute atomic E-state index is 13.4. The van der Waals surface area contributed by atoms with Crippen molar-refractivity contribution in [1.82, 2.24) is 4.90 Å². The SMILES string of the molecule is Cc1cccc(N(CC(=O)N2CCCC(C)C2)S(=O)(=O)c2ccccc2)c1C. The van der Waals surface area contributed by atoms with Gasteiger partial charge >= 0.3 is 0 Å². The van der Waals surface area contributed by atoms with Gasteiger partial charge in [-0.1, -0.05) is 37.3 Å². The van der Waals surface area contributed by atoms with E-state index in [9.17, 15) is 13.2 Å². The Morgan fingerprint density at radius 3 is 2.50 bits per heavy atom. The number of anilines is 1. The highest BCUT2D eigenvalue weighted by Gasteiger charge is 2.31. The first-order valence-electron chi connectivity index (χ1n) is 9.72. The Bertz CT molecular complexity index is 942. The Kier molecular flexibility index (Phi) is 6.08. The van der Waals surface area contributed by atoms with Gasteiger partial charge in [0.1, 0.15) is 6.54 Å². The average Bonchev–Trinajstić information content (AvgIpc) is 2.69. The van der Waals surface area contributed by atoms with Crippen molar-refractivity contribution < 1.29 is 13.2 Å². The summed E-state index contributed by atoms with van der Waals surface area (Å²) in [4.78, 5) is 15.0. The van der Waals surface area contributed by atoms with Gasteiger partial charge in [-0.3, -0.25) is 9.10 Å². The van der Waals surface area contributed by atoms with E-state index in [1.807, 2.05) is 26.0 Å². The summed E-state index contributed by atoms with van der Waals surface area (Å²) in [6.07, 6.45) is 2.06. The van der Waals surface area contributed by atoms with E-state index in [-0.39, 0.29) is 17.3 Å². The van der Waals surface area contributed by atoms with Crippen LogP contribution in [0.15, 0.2) is 53.4 Å². The van der Waals surface area contributed by atoms with Crippen LogP contribution in [0.25, 0.3) is 0 Å². The highest BCUT2D eigenvalue weighted by molar-refractivity contribution is 7.92. The third kappa shape index (κ3) is 4.22. The highest BCUT2D eigenvalue weighted by atomic mass is 32.2. The van der Waals surface area contributed by atoms with E-state index in [0.717, 1.165) is 24.0 Å². The summed E-state index contributed by atoms with van der Waals surface area (Å²) in [5.74, 6) is 0.296. The number of nitrogens with zero attached hydrogens (tertiary/aromatic N) is 2. The Balaban J connectivity index is 2.00. The van der Waals surface area contributed by atoms with Gasteiger partial charge in [0.25, 0.3) is 10.0 Å². The summed E-state index contributed by atoms with van der Waals surface area (Å²) < 4.78 is 28.1. The lowest BCUT2D eigenvalue weighted by Crippen LogP contribution is -2.46. The van der Waals surface area contributed by atoms with Crippen LogP contribution in [0.3, 0.4) is 0 Å². The maximum atomic E-state index is 13.4. The lowest BCUT2D eigenvalue weighted by atomic mass is 10.0. The largest absolute Gasteiger partial charge is 0.341 e. The van der Waals surface area contributed by atoms with Gasteiger partial charge < -0.3 is 4.90 Å². The number of amides is 1. The van der Waals surface area contributed by atoms with Crippen molar-refractivity contribution in [3.05, 3.63) is 59.7 Å². The number of carbonyl (C=O) groups excluding carboxylic acids is 1. The molecular formula is C22H28N2O3S. The van der Waals surface area contributed by atoms with Crippen LogP contribution in [0, 0.1) is 19.8 Å². The van der Waals surface area contributed by atoms with Crippen LogP contribution in [0.2, 0.25) is 0 Å². The fourth-order valence-corrected chi connectivity index (χ4v) is 5.16. The van der Waals surface area contributed by atoms with E-state index in [4.69, 9.17) is 0 Å². The molecule has 0 N–H and O–H groups in total. The Hall–Kier alpha value is -2.34. The molecule has 28 heavy (non-hydrogen) atoms. The molecular weight excluding hydrogens is 372 g/mol. The van der Waals surface area contributed by atoms with E-state index in [2.05, 4.69) is 6.92 Å². The number of aryl methyl sites for hydroxylation is 1. The second-order valence-corrected chi connectivity index (χ2v) is 9.49. The standard InChI is InChI=1S/C22H28N2O3S/c1-17-9-8-14-23(15-17)22(25)16-24(21-13-7-10-18(2)19(21)3)28(26,27)20-11-5-4-6-12-20/h4-7,10-13,17H,8-9,14-16H2,1-3H3. The number of sulfonamides is 1. The lowest BCUT2D eigenvalue weighted by molar-refractivity contribution is -0.131. The molecule has 3 rings (SSSR count). The summed E-state index contributed by atoms with van der Waals surface area (Å²) in [5.41, 5.74) is 2.41. The van der Waals surface area contributed by atoms with Gasteiger partial charge in [0.15, 0.2) is 0 Å². The minimum absolute atomic E-state index is 0.146.